The van der Waals surface area contributed by atoms with Crippen molar-refractivity contribution in [3.63, 3.8) is 0 Å². The zero-order valence-electron chi connectivity index (χ0n) is 14.2. The lowest BCUT2D eigenvalue weighted by molar-refractivity contribution is -0.108. The molecule has 124 valence electrons. The van der Waals surface area contributed by atoms with Crippen molar-refractivity contribution < 1.29 is 9.18 Å². The van der Waals surface area contributed by atoms with E-state index < -0.39 is 0 Å². The lowest BCUT2D eigenvalue weighted by Crippen LogP contribution is -2.22. The van der Waals surface area contributed by atoms with E-state index in [0.29, 0.717) is 29.3 Å². The molecule has 0 heterocycles. The smallest absolute Gasteiger partial charge is 0.211 e. The van der Waals surface area contributed by atoms with Crippen LogP contribution in [0, 0.1) is 5.82 Å². The van der Waals surface area contributed by atoms with Crippen LogP contribution in [0.2, 0.25) is 0 Å². The van der Waals surface area contributed by atoms with E-state index >= 15 is 0 Å². The quantitative estimate of drug-likeness (QED) is 0.477. The number of allylic oxidation sites excluding steroid dienone is 2. The number of hydrogen-bond donors (Lipinski definition) is 1. The van der Waals surface area contributed by atoms with Gasteiger partial charge in [-0.15, -0.1) is 0 Å². The van der Waals surface area contributed by atoms with Gasteiger partial charge in [0.25, 0.3) is 0 Å². The summed E-state index contributed by atoms with van der Waals surface area (Å²) < 4.78 is 13.2. The number of ketones is 1. The van der Waals surface area contributed by atoms with Gasteiger partial charge in [-0.25, -0.2) is 4.39 Å². The van der Waals surface area contributed by atoms with Crippen LogP contribution in [0.1, 0.15) is 38.7 Å². The number of rotatable bonds is 7. The van der Waals surface area contributed by atoms with Crippen molar-refractivity contribution in [2.75, 3.05) is 14.1 Å². The fourth-order valence-corrected chi connectivity index (χ4v) is 2.39. The first-order valence-corrected chi connectivity index (χ1v) is 7.95. The molecular formula is C18H24FN3O. The van der Waals surface area contributed by atoms with Crippen LogP contribution in [0.15, 0.2) is 35.1 Å². The molecule has 0 aliphatic heterocycles. The summed E-state index contributed by atoms with van der Waals surface area (Å²) in [7, 11) is 3.81. The van der Waals surface area contributed by atoms with Gasteiger partial charge in [-0.05, 0) is 43.9 Å². The molecule has 1 aliphatic rings. The molecule has 1 aromatic rings. The second kappa shape index (κ2) is 7.40. The van der Waals surface area contributed by atoms with Gasteiger partial charge < -0.3 is 10.3 Å². The van der Waals surface area contributed by atoms with Gasteiger partial charge in [-0.1, -0.05) is 19.1 Å². The molecule has 0 aromatic heterocycles. The standard InChI is InChI=1S/C18H24FN3O/c1-5-16(22(3)4)17(13-6-8-14(19)9-7-13)18(23)12(2)20-21-15-10-11-15/h6-9,15,21H,5,10-11H2,1-4H3. The molecule has 0 atom stereocenters. The first-order valence-electron chi connectivity index (χ1n) is 7.95. The lowest BCUT2D eigenvalue weighted by Gasteiger charge is -2.21. The Morgan fingerprint density at radius 2 is 1.91 bits per heavy atom. The van der Waals surface area contributed by atoms with Crippen molar-refractivity contribution >= 4 is 17.1 Å². The van der Waals surface area contributed by atoms with Crippen molar-refractivity contribution in [2.45, 2.75) is 39.2 Å². The normalized spacial score (nSPS) is 16.0. The minimum absolute atomic E-state index is 0.129. The Hall–Kier alpha value is -2.17. The Bertz CT molecular complexity index is 628. The summed E-state index contributed by atoms with van der Waals surface area (Å²) in [6, 6.07) is 6.43. The van der Waals surface area contributed by atoms with Crippen molar-refractivity contribution in [3.05, 3.63) is 41.3 Å². The van der Waals surface area contributed by atoms with Crippen LogP contribution in [0.3, 0.4) is 0 Å². The molecule has 0 radical (unpaired) electrons. The maximum atomic E-state index is 13.2. The summed E-state index contributed by atoms with van der Waals surface area (Å²) >= 11 is 0. The number of benzene rings is 1. The van der Waals surface area contributed by atoms with E-state index in [1.165, 1.54) is 12.1 Å². The number of Topliss-reactive ketones (excluding diaryl/α,β-unsaturated/α-hetero) is 1. The van der Waals surface area contributed by atoms with Gasteiger partial charge in [0.2, 0.25) is 5.78 Å². The Labute approximate surface area is 137 Å². The number of carbonyl (C=O) groups excluding carboxylic acids is 1. The second-order valence-corrected chi connectivity index (χ2v) is 6.01. The maximum absolute atomic E-state index is 13.2. The van der Waals surface area contributed by atoms with E-state index in [-0.39, 0.29) is 11.6 Å². The molecule has 2 rings (SSSR count). The summed E-state index contributed by atoms with van der Waals surface area (Å²) in [5.41, 5.74) is 5.63. The minimum Gasteiger partial charge on any atom is -0.380 e. The highest BCUT2D eigenvalue weighted by atomic mass is 19.1. The molecule has 0 unspecified atom stereocenters. The molecular weight excluding hydrogens is 293 g/mol. The predicted octanol–water partition coefficient (Wildman–Crippen LogP) is 3.21. The highest BCUT2D eigenvalue weighted by Gasteiger charge is 2.23. The largest absolute Gasteiger partial charge is 0.380 e. The monoisotopic (exact) mass is 317 g/mol. The molecule has 1 N–H and O–H groups in total. The van der Waals surface area contributed by atoms with E-state index in [1.807, 2.05) is 25.9 Å². The molecule has 1 fully saturated rings. The van der Waals surface area contributed by atoms with Crippen LogP contribution in [0.4, 0.5) is 4.39 Å². The predicted molar refractivity (Wildman–Crippen MR) is 91.6 cm³/mol. The molecule has 1 aromatic carbocycles. The van der Waals surface area contributed by atoms with Crippen LogP contribution < -0.4 is 5.43 Å². The fourth-order valence-electron chi connectivity index (χ4n) is 2.39. The van der Waals surface area contributed by atoms with Gasteiger partial charge in [0.15, 0.2) is 0 Å². The maximum Gasteiger partial charge on any atom is 0.211 e. The fraction of sp³-hybridized carbons (Fsp3) is 0.444. The first kappa shape index (κ1) is 17.2. The van der Waals surface area contributed by atoms with Crippen LogP contribution in [0.5, 0.6) is 0 Å². The van der Waals surface area contributed by atoms with E-state index in [9.17, 15) is 9.18 Å². The van der Waals surface area contributed by atoms with Crippen LogP contribution >= 0.6 is 0 Å². The lowest BCUT2D eigenvalue weighted by atomic mass is 9.95. The van der Waals surface area contributed by atoms with Crippen LogP contribution in [0.25, 0.3) is 5.57 Å². The molecule has 4 nitrogen and oxygen atoms in total. The Morgan fingerprint density at radius 3 is 2.39 bits per heavy atom. The van der Waals surface area contributed by atoms with Crippen molar-refractivity contribution in [3.8, 4) is 0 Å². The summed E-state index contributed by atoms with van der Waals surface area (Å²) in [5, 5.41) is 4.22. The number of halogens is 1. The Balaban J connectivity index is 2.41. The Morgan fingerprint density at radius 1 is 1.30 bits per heavy atom. The van der Waals surface area contributed by atoms with Crippen molar-refractivity contribution in [2.24, 2.45) is 5.10 Å². The molecule has 1 saturated carbocycles. The molecule has 5 heteroatoms. The number of nitrogens with one attached hydrogen (secondary N) is 1. The number of nitrogens with zero attached hydrogens (tertiary/aromatic N) is 2. The zero-order chi connectivity index (χ0) is 17.0. The van der Waals surface area contributed by atoms with Gasteiger partial charge >= 0.3 is 0 Å². The molecule has 0 saturated heterocycles. The van der Waals surface area contributed by atoms with E-state index in [4.69, 9.17) is 0 Å². The highest BCUT2D eigenvalue weighted by Crippen LogP contribution is 2.25. The van der Waals surface area contributed by atoms with Crippen LogP contribution in [-0.2, 0) is 4.79 Å². The van der Waals surface area contributed by atoms with E-state index in [0.717, 1.165) is 18.5 Å². The molecule has 0 spiro atoms. The van der Waals surface area contributed by atoms with Gasteiger partial charge in [-0.3, -0.25) is 4.79 Å². The van der Waals surface area contributed by atoms with Crippen molar-refractivity contribution in [1.82, 2.24) is 10.3 Å². The van der Waals surface area contributed by atoms with Gasteiger partial charge in [0.05, 0.1) is 5.57 Å². The summed E-state index contributed by atoms with van der Waals surface area (Å²) in [6.45, 7) is 3.71. The van der Waals surface area contributed by atoms with Gasteiger partial charge in [0, 0.05) is 25.8 Å². The number of carbonyl (C=O) groups is 1. The minimum atomic E-state index is -0.316. The Kier molecular flexibility index (Phi) is 5.53. The number of hydrogen-bond acceptors (Lipinski definition) is 4. The third-order valence-electron chi connectivity index (χ3n) is 3.84. The molecule has 23 heavy (non-hydrogen) atoms. The van der Waals surface area contributed by atoms with Crippen LogP contribution in [-0.4, -0.2) is 36.5 Å². The van der Waals surface area contributed by atoms with Crippen molar-refractivity contribution in [1.29, 1.82) is 0 Å². The summed E-state index contributed by atoms with van der Waals surface area (Å²) in [5.74, 6) is -0.445. The van der Waals surface area contributed by atoms with Gasteiger partial charge in [0.1, 0.15) is 11.5 Å². The zero-order valence-corrected chi connectivity index (χ0v) is 14.2. The summed E-state index contributed by atoms with van der Waals surface area (Å²) in [4.78, 5) is 14.8. The first-order chi connectivity index (χ1) is 10.9. The third kappa shape index (κ3) is 4.41. The average molecular weight is 317 g/mol. The van der Waals surface area contributed by atoms with E-state index in [2.05, 4.69) is 10.5 Å². The molecule has 1 aliphatic carbocycles. The average Bonchev–Trinajstić information content (AvgIpc) is 3.34. The SMILES string of the molecule is CCC(=C(C(=O)C(C)=NNC1CC1)c1ccc(F)cc1)N(C)C. The molecule has 0 amide bonds. The number of hydrazone groups is 1. The topological polar surface area (TPSA) is 44.7 Å². The second-order valence-electron chi connectivity index (χ2n) is 6.01. The molecule has 0 bridgehead atoms. The third-order valence-corrected chi connectivity index (χ3v) is 3.84. The highest BCUT2D eigenvalue weighted by molar-refractivity contribution is 6.55. The van der Waals surface area contributed by atoms with Gasteiger partial charge in [-0.2, -0.15) is 5.10 Å². The van der Waals surface area contributed by atoms with E-state index in [1.54, 1.807) is 19.1 Å². The summed E-state index contributed by atoms with van der Waals surface area (Å²) in [6.07, 6.45) is 2.90.